The normalized spacial score (nSPS) is 19.2. The van der Waals surface area contributed by atoms with E-state index in [0.717, 1.165) is 18.4 Å². The van der Waals surface area contributed by atoms with Crippen molar-refractivity contribution in [2.45, 2.75) is 83.8 Å². The van der Waals surface area contributed by atoms with Gasteiger partial charge in [-0.05, 0) is 43.7 Å². The van der Waals surface area contributed by atoms with Crippen LogP contribution in [-0.4, -0.2) is 10.6 Å². The number of pyridine rings is 1. The summed E-state index contributed by atoms with van der Waals surface area (Å²) in [5.74, 6) is 0. The van der Waals surface area contributed by atoms with Crippen molar-refractivity contribution >= 4 is 0 Å². The van der Waals surface area contributed by atoms with Gasteiger partial charge in [-0.1, -0.05) is 33.1 Å². The third-order valence-corrected chi connectivity index (χ3v) is 5.00. The van der Waals surface area contributed by atoms with Crippen molar-refractivity contribution in [2.24, 2.45) is 0 Å². The quantitative estimate of drug-likeness (QED) is 0.922. The molecule has 1 saturated carbocycles. The molecule has 1 aromatic rings. The topological polar surface area (TPSA) is 34.0 Å². The van der Waals surface area contributed by atoms with Crippen molar-refractivity contribution in [1.82, 2.24) is 9.88 Å². The molecule has 0 amide bonds. The summed E-state index contributed by atoms with van der Waals surface area (Å²) in [4.78, 5) is 13.0. The zero-order chi connectivity index (χ0) is 14.8. The van der Waals surface area contributed by atoms with E-state index in [1.54, 1.807) is 0 Å². The molecular formula is C18H28N2O. The molecule has 1 fully saturated rings. The first-order valence-electron chi connectivity index (χ1n) is 8.66. The summed E-state index contributed by atoms with van der Waals surface area (Å²) in [7, 11) is 0. The Morgan fingerprint density at radius 2 is 1.95 bits per heavy atom. The first-order valence-corrected chi connectivity index (χ1v) is 8.66. The largest absolute Gasteiger partial charge is 0.310 e. The molecular weight excluding hydrogens is 260 g/mol. The summed E-state index contributed by atoms with van der Waals surface area (Å²) in [6, 6.07) is 3.05. The van der Waals surface area contributed by atoms with Crippen LogP contribution >= 0.6 is 0 Å². The number of hydrogen-bond acceptors (Lipinski definition) is 2. The minimum absolute atomic E-state index is 0.274. The second-order valence-corrected chi connectivity index (χ2v) is 7.00. The van der Waals surface area contributed by atoms with Gasteiger partial charge in [-0.2, -0.15) is 0 Å². The number of fused-ring (bicyclic) bond motifs is 1. The minimum atomic E-state index is 0.274. The van der Waals surface area contributed by atoms with E-state index in [0.29, 0.717) is 18.6 Å². The van der Waals surface area contributed by atoms with Crippen LogP contribution in [0.4, 0.5) is 0 Å². The first kappa shape index (κ1) is 14.8. The Bertz CT molecular complexity index is 553. The molecule has 0 bridgehead atoms. The average molecular weight is 288 g/mol. The van der Waals surface area contributed by atoms with Crippen LogP contribution in [0.1, 0.15) is 75.2 Å². The van der Waals surface area contributed by atoms with Gasteiger partial charge in [0.15, 0.2) is 0 Å². The maximum absolute atomic E-state index is 13.0. The summed E-state index contributed by atoms with van der Waals surface area (Å²) in [5.41, 5.74) is 4.02. The Morgan fingerprint density at radius 1 is 1.19 bits per heavy atom. The van der Waals surface area contributed by atoms with Crippen LogP contribution in [0, 0.1) is 0 Å². The number of hydrogen-bond donors (Lipinski definition) is 1. The third-order valence-electron chi connectivity index (χ3n) is 5.00. The molecule has 1 heterocycles. The van der Waals surface area contributed by atoms with Crippen molar-refractivity contribution in [3.63, 3.8) is 0 Å². The molecule has 0 aromatic carbocycles. The van der Waals surface area contributed by atoms with Gasteiger partial charge in [0.25, 0.3) is 5.56 Å². The number of nitrogens with one attached hydrogen (secondary N) is 1. The molecule has 0 atom stereocenters. The SMILES string of the molecule is CC(C)NCc1cc2c(n(C3CCCCC3)c1=O)CCC2. The highest BCUT2D eigenvalue weighted by Gasteiger charge is 2.25. The van der Waals surface area contributed by atoms with E-state index < -0.39 is 0 Å². The fourth-order valence-electron chi connectivity index (χ4n) is 3.90. The summed E-state index contributed by atoms with van der Waals surface area (Å²) in [5, 5.41) is 3.41. The van der Waals surface area contributed by atoms with Gasteiger partial charge in [-0.25, -0.2) is 0 Å². The predicted octanol–water partition coefficient (Wildman–Crippen LogP) is 3.34. The molecule has 3 nitrogen and oxygen atoms in total. The Labute approximate surface area is 127 Å². The predicted molar refractivity (Wildman–Crippen MR) is 86.8 cm³/mol. The fourth-order valence-corrected chi connectivity index (χ4v) is 3.90. The van der Waals surface area contributed by atoms with Gasteiger partial charge in [0.2, 0.25) is 0 Å². The maximum atomic E-state index is 13.0. The van der Waals surface area contributed by atoms with Crippen molar-refractivity contribution in [3.05, 3.63) is 33.2 Å². The number of nitrogens with zero attached hydrogens (tertiary/aromatic N) is 1. The molecule has 116 valence electrons. The summed E-state index contributed by atoms with van der Waals surface area (Å²) in [6.45, 7) is 4.97. The van der Waals surface area contributed by atoms with Crippen molar-refractivity contribution in [3.8, 4) is 0 Å². The van der Waals surface area contributed by atoms with Gasteiger partial charge in [0.1, 0.15) is 0 Å². The van der Waals surface area contributed by atoms with E-state index in [9.17, 15) is 4.79 Å². The lowest BCUT2D eigenvalue weighted by Gasteiger charge is -2.27. The standard InChI is InChI=1S/C18H28N2O/c1-13(2)19-12-15-11-14-7-6-10-17(14)20(18(15)21)16-8-4-3-5-9-16/h11,13,16,19H,3-10,12H2,1-2H3. The Morgan fingerprint density at radius 3 is 2.67 bits per heavy atom. The third kappa shape index (κ3) is 3.08. The smallest absolute Gasteiger partial charge is 0.255 e. The molecule has 0 spiro atoms. The molecule has 0 aliphatic heterocycles. The van der Waals surface area contributed by atoms with Crippen LogP contribution in [0.15, 0.2) is 10.9 Å². The molecule has 0 radical (unpaired) electrons. The van der Waals surface area contributed by atoms with Crippen LogP contribution in [0.5, 0.6) is 0 Å². The van der Waals surface area contributed by atoms with E-state index in [1.807, 2.05) is 0 Å². The van der Waals surface area contributed by atoms with Crippen molar-refractivity contribution < 1.29 is 0 Å². The van der Waals surface area contributed by atoms with Gasteiger partial charge in [-0.3, -0.25) is 4.79 Å². The lowest BCUT2D eigenvalue weighted by atomic mass is 9.94. The Kier molecular flexibility index (Phi) is 4.48. The second-order valence-electron chi connectivity index (χ2n) is 7.00. The Balaban J connectivity index is 1.98. The van der Waals surface area contributed by atoms with Gasteiger partial charge < -0.3 is 9.88 Å². The van der Waals surface area contributed by atoms with Gasteiger partial charge in [0, 0.05) is 29.9 Å². The van der Waals surface area contributed by atoms with Crippen molar-refractivity contribution in [1.29, 1.82) is 0 Å². The zero-order valence-electron chi connectivity index (χ0n) is 13.5. The lowest BCUT2D eigenvalue weighted by molar-refractivity contribution is 0.338. The molecule has 2 aliphatic carbocycles. The minimum Gasteiger partial charge on any atom is -0.310 e. The van der Waals surface area contributed by atoms with Crippen LogP contribution in [0.2, 0.25) is 0 Å². The highest BCUT2D eigenvalue weighted by atomic mass is 16.1. The monoisotopic (exact) mass is 288 g/mol. The summed E-state index contributed by atoms with van der Waals surface area (Å²) in [6.07, 6.45) is 9.72. The lowest BCUT2D eigenvalue weighted by Crippen LogP contribution is -2.34. The molecule has 0 unspecified atom stereocenters. The highest BCUT2D eigenvalue weighted by Crippen LogP contribution is 2.31. The van der Waals surface area contributed by atoms with Crippen LogP contribution in [0.25, 0.3) is 0 Å². The maximum Gasteiger partial charge on any atom is 0.255 e. The fraction of sp³-hybridized carbons (Fsp3) is 0.722. The van der Waals surface area contributed by atoms with Crippen LogP contribution in [-0.2, 0) is 19.4 Å². The summed E-state index contributed by atoms with van der Waals surface area (Å²) < 4.78 is 2.19. The van der Waals surface area contributed by atoms with Gasteiger partial charge >= 0.3 is 0 Å². The average Bonchev–Trinajstić information content (AvgIpc) is 2.93. The molecule has 21 heavy (non-hydrogen) atoms. The number of rotatable bonds is 4. The number of aromatic nitrogens is 1. The number of aryl methyl sites for hydroxylation is 1. The van der Waals surface area contributed by atoms with E-state index in [1.165, 1.54) is 49.8 Å². The molecule has 1 aromatic heterocycles. The van der Waals surface area contributed by atoms with Gasteiger partial charge in [0.05, 0.1) is 0 Å². The van der Waals surface area contributed by atoms with E-state index >= 15 is 0 Å². The van der Waals surface area contributed by atoms with E-state index in [2.05, 4.69) is 29.8 Å². The summed E-state index contributed by atoms with van der Waals surface area (Å²) >= 11 is 0. The molecule has 0 saturated heterocycles. The first-order chi connectivity index (χ1) is 10.2. The second kappa shape index (κ2) is 6.35. The van der Waals surface area contributed by atoms with E-state index in [-0.39, 0.29) is 5.56 Å². The van der Waals surface area contributed by atoms with Crippen LogP contribution in [0.3, 0.4) is 0 Å². The van der Waals surface area contributed by atoms with Crippen molar-refractivity contribution in [2.75, 3.05) is 0 Å². The zero-order valence-corrected chi connectivity index (χ0v) is 13.5. The molecule has 1 N–H and O–H groups in total. The Hall–Kier alpha value is -1.09. The molecule has 3 heteroatoms. The highest BCUT2D eigenvalue weighted by molar-refractivity contribution is 5.31. The van der Waals surface area contributed by atoms with E-state index in [4.69, 9.17) is 0 Å². The molecule has 2 aliphatic rings. The van der Waals surface area contributed by atoms with Gasteiger partial charge in [-0.15, -0.1) is 0 Å². The van der Waals surface area contributed by atoms with Crippen LogP contribution < -0.4 is 10.9 Å². The molecule has 3 rings (SSSR count).